The van der Waals surface area contributed by atoms with E-state index < -0.39 is 17.9 Å². The molecule has 1 aliphatic heterocycles. The van der Waals surface area contributed by atoms with Crippen LogP contribution >= 0.6 is 0 Å². The number of benzene rings is 3. The monoisotopic (exact) mass is 416 g/mol. The zero-order valence-electron chi connectivity index (χ0n) is 16.9. The van der Waals surface area contributed by atoms with Gasteiger partial charge in [-0.15, -0.1) is 0 Å². The molecule has 0 spiro atoms. The van der Waals surface area contributed by atoms with E-state index in [9.17, 15) is 14.0 Å². The van der Waals surface area contributed by atoms with Crippen LogP contribution in [-0.2, 0) is 4.79 Å². The van der Waals surface area contributed by atoms with Crippen molar-refractivity contribution in [1.82, 2.24) is 0 Å². The van der Waals surface area contributed by atoms with Crippen molar-refractivity contribution in [2.75, 3.05) is 17.2 Å². The van der Waals surface area contributed by atoms with E-state index in [1.54, 1.807) is 54.6 Å². The fourth-order valence-electron chi connectivity index (χ4n) is 3.75. The number of fused-ring (bicyclic) bond motifs is 1. The summed E-state index contributed by atoms with van der Waals surface area (Å²) in [6.45, 7) is 1.55. The Hall–Kier alpha value is -3.84. The molecule has 1 heterocycles. The van der Waals surface area contributed by atoms with E-state index in [2.05, 4.69) is 4.99 Å². The quantitative estimate of drug-likeness (QED) is 0.504. The van der Waals surface area contributed by atoms with E-state index in [0.717, 1.165) is 5.56 Å². The number of carbonyl (C=O) groups excluding carboxylic acids is 2. The lowest BCUT2D eigenvalue weighted by atomic mass is 9.97. The average Bonchev–Trinajstić information content (AvgIpc) is 2.85. The molecule has 7 heteroatoms. The molecule has 0 saturated carbocycles. The Morgan fingerprint density at radius 2 is 1.71 bits per heavy atom. The van der Waals surface area contributed by atoms with Crippen molar-refractivity contribution in [3.8, 4) is 0 Å². The largest absolute Gasteiger partial charge is 0.398 e. The summed E-state index contributed by atoms with van der Waals surface area (Å²) < 4.78 is 14.6. The minimum Gasteiger partial charge on any atom is -0.398 e. The third kappa shape index (κ3) is 3.71. The van der Waals surface area contributed by atoms with Crippen LogP contribution in [0.1, 0.15) is 27.0 Å². The van der Waals surface area contributed by atoms with Crippen LogP contribution in [0.3, 0.4) is 0 Å². The van der Waals surface area contributed by atoms with Crippen molar-refractivity contribution < 1.29 is 14.0 Å². The molecule has 31 heavy (non-hydrogen) atoms. The second-order valence-corrected chi connectivity index (χ2v) is 7.31. The molecule has 4 rings (SSSR count). The van der Waals surface area contributed by atoms with E-state index in [1.807, 2.05) is 13.0 Å². The number of hydrogen-bond donors (Lipinski definition) is 2. The zero-order valence-corrected chi connectivity index (χ0v) is 16.9. The van der Waals surface area contributed by atoms with Crippen LogP contribution in [0.5, 0.6) is 0 Å². The number of hydrogen-bond acceptors (Lipinski definition) is 5. The maximum Gasteiger partial charge on any atom is 0.266 e. The first-order valence-electron chi connectivity index (χ1n) is 9.76. The lowest BCUT2D eigenvalue weighted by Crippen LogP contribution is -2.45. The van der Waals surface area contributed by atoms with Crippen LogP contribution in [0.2, 0.25) is 0 Å². The number of amides is 1. The van der Waals surface area contributed by atoms with Crippen LogP contribution in [-0.4, -0.2) is 30.1 Å². The highest BCUT2D eigenvalue weighted by Crippen LogP contribution is 2.32. The first-order valence-corrected chi connectivity index (χ1v) is 9.76. The van der Waals surface area contributed by atoms with Gasteiger partial charge in [-0.3, -0.25) is 14.6 Å². The van der Waals surface area contributed by atoms with Gasteiger partial charge in [-0.2, -0.15) is 0 Å². The van der Waals surface area contributed by atoms with E-state index in [-0.39, 0.29) is 23.6 Å². The number of nitrogens with zero attached hydrogens (tertiary/aromatic N) is 2. The van der Waals surface area contributed by atoms with Crippen molar-refractivity contribution in [2.24, 2.45) is 10.7 Å². The Bertz CT molecular complexity index is 1220. The Kier molecular flexibility index (Phi) is 5.35. The summed E-state index contributed by atoms with van der Waals surface area (Å²) in [5.74, 6) is -1.36. The molecule has 0 radical (unpaired) electrons. The Balaban J connectivity index is 1.85. The number of nitrogens with two attached hydrogens (primary N) is 2. The SMILES string of the molecule is Cc1cccc2c1N(CC(=O)c1ccccc1N)C(=O)[C@@H](N)N=C2c1ccccc1F. The number of ketones is 1. The number of nitrogen functional groups attached to an aromatic ring is 1. The Labute approximate surface area is 179 Å². The van der Waals surface area contributed by atoms with Gasteiger partial charge in [0.15, 0.2) is 11.9 Å². The predicted molar refractivity (Wildman–Crippen MR) is 119 cm³/mol. The van der Waals surface area contributed by atoms with Gasteiger partial charge in [0.2, 0.25) is 0 Å². The summed E-state index contributed by atoms with van der Waals surface area (Å²) in [4.78, 5) is 31.9. The zero-order chi connectivity index (χ0) is 22.1. The molecule has 1 aliphatic rings. The average molecular weight is 416 g/mol. The van der Waals surface area contributed by atoms with Crippen LogP contribution in [0, 0.1) is 12.7 Å². The molecule has 6 nitrogen and oxygen atoms in total. The molecule has 0 aromatic heterocycles. The number of benzodiazepines with no additional fused rings is 1. The van der Waals surface area contributed by atoms with Gasteiger partial charge in [0, 0.05) is 22.4 Å². The number of rotatable bonds is 4. The van der Waals surface area contributed by atoms with Gasteiger partial charge in [0.25, 0.3) is 5.91 Å². The first kappa shape index (κ1) is 20.4. The summed E-state index contributed by atoms with van der Waals surface area (Å²) in [5.41, 5.74) is 14.9. The molecule has 3 aromatic carbocycles. The molecule has 156 valence electrons. The molecule has 1 amide bonds. The molecular formula is C24H21FN4O2. The highest BCUT2D eigenvalue weighted by molar-refractivity contribution is 6.21. The molecule has 0 fully saturated rings. The lowest BCUT2D eigenvalue weighted by Gasteiger charge is -2.25. The molecule has 1 atom stereocenters. The van der Waals surface area contributed by atoms with Gasteiger partial charge in [-0.1, -0.05) is 42.5 Å². The molecule has 0 saturated heterocycles. The summed E-state index contributed by atoms with van der Waals surface area (Å²) in [6, 6.07) is 18.2. The number of para-hydroxylation sites is 2. The van der Waals surface area contributed by atoms with E-state index in [0.29, 0.717) is 22.5 Å². The maximum atomic E-state index is 14.6. The number of aliphatic imine (C=N–C) groups is 1. The summed E-state index contributed by atoms with van der Waals surface area (Å²) in [6.07, 6.45) is -1.29. The fraction of sp³-hybridized carbons (Fsp3) is 0.125. The van der Waals surface area contributed by atoms with Gasteiger partial charge in [-0.25, -0.2) is 4.39 Å². The van der Waals surface area contributed by atoms with Gasteiger partial charge >= 0.3 is 0 Å². The van der Waals surface area contributed by atoms with E-state index in [1.165, 1.54) is 11.0 Å². The number of anilines is 2. The lowest BCUT2D eigenvalue weighted by molar-refractivity contribution is -0.119. The number of aryl methyl sites for hydroxylation is 1. The number of Topliss-reactive ketones (excluding diaryl/α,β-unsaturated/α-hetero) is 1. The van der Waals surface area contributed by atoms with Crippen LogP contribution in [0.4, 0.5) is 15.8 Å². The van der Waals surface area contributed by atoms with Crippen molar-refractivity contribution in [2.45, 2.75) is 13.1 Å². The highest BCUT2D eigenvalue weighted by Gasteiger charge is 2.33. The van der Waals surface area contributed by atoms with Crippen LogP contribution in [0.25, 0.3) is 0 Å². The fourth-order valence-corrected chi connectivity index (χ4v) is 3.75. The second-order valence-electron chi connectivity index (χ2n) is 7.31. The van der Waals surface area contributed by atoms with Gasteiger partial charge < -0.3 is 16.4 Å². The maximum absolute atomic E-state index is 14.6. The van der Waals surface area contributed by atoms with Crippen molar-refractivity contribution in [3.05, 3.63) is 94.8 Å². The molecule has 3 aromatic rings. The standard InChI is InChI=1S/C24H21FN4O2/c1-14-7-6-10-17-21(15-8-2-4-11-18(15)25)28-23(27)24(31)29(22(14)17)13-20(30)16-9-3-5-12-19(16)26/h2-12,23H,13,26-27H2,1H3/t23-/m0/s1. The Morgan fingerprint density at radius 3 is 2.45 bits per heavy atom. The normalized spacial score (nSPS) is 15.8. The minimum atomic E-state index is -1.29. The second kappa shape index (κ2) is 8.12. The Morgan fingerprint density at radius 1 is 1.03 bits per heavy atom. The number of carbonyl (C=O) groups is 2. The molecule has 0 bridgehead atoms. The third-order valence-electron chi connectivity index (χ3n) is 5.24. The summed E-state index contributed by atoms with van der Waals surface area (Å²) >= 11 is 0. The van der Waals surface area contributed by atoms with Gasteiger partial charge in [-0.05, 0) is 36.8 Å². The highest BCUT2D eigenvalue weighted by atomic mass is 19.1. The van der Waals surface area contributed by atoms with Crippen molar-refractivity contribution >= 4 is 28.8 Å². The third-order valence-corrected chi connectivity index (χ3v) is 5.24. The molecule has 0 aliphatic carbocycles. The predicted octanol–water partition coefficient (Wildman–Crippen LogP) is 3.07. The smallest absolute Gasteiger partial charge is 0.266 e. The van der Waals surface area contributed by atoms with Gasteiger partial charge in [0.05, 0.1) is 17.9 Å². The molecule has 4 N–H and O–H groups in total. The summed E-state index contributed by atoms with van der Waals surface area (Å²) in [5, 5.41) is 0. The van der Waals surface area contributed by atoms with Crippen LogP contribution in [0.15, 0.2) is 71.7 Å². The summed E-state index contributed by atoms with van der Waals surface area (Å²) in [7, 11) is 0. The minimum absolute atomic E-state index is 0.234. The van der Waals surface area contributed by atoms with E-state index in [4.69, 9.17) is 11.5 Å². The van der Waals surface area contributed by atoms with Crippen molar-refractivity contribution in [1.29, 1.82) is 0 Å². The topological polar surface area (TPSA) is 102 Å². The number of halogens is 1. The first-order chi connectivity index (χ1) is 14.9. The van der Waals surface area contributed by atoms with E-state index >= 15 is 0 Å². The van der Waals surface area contributed by atoms with Crippen LogP contribution < -0.4 is 16.4 Å². The van der Waals surface area contributed by atoms with Crippen molar-refractivity contribution in [3.63, 3.8) is 0 Å². The molecular weight excluding hydrogens is 395 g/mol. The van der Waals surface area contributed by atoms with Gasteiger partial charge in [0.1, 0.15) is 5.82 Å². The molecule has 0 unspecified atom stereocenters.